The Labute approximate surface area is 158 Å². The fourth-order valence-corrected chi connectivity index (χ4v) is 3.20. The van der Waals surface area contributed by atoms with E-state index in [4.69, 9.17) is 9.15 Å². The maximum absolute atomic E-state index is 12.8. The van der Waals surface area contributed by atoms with Crippen LogP contribution in [-0.4, -0.2) is 49.6 Å². The molecule has 7 nitrogen and oxygen atoms in total. The molecule has 1 N–H and O–H groups in total. The molecule has 3 rings (SSSR count). The van der Waals surface area contributed by atoms with Crippen molar-refractivity contribution in [3.8, 4) is 5.75 Å². The number of carbonyl (C=O) groups is 2. The second kappa shape index (κ2) is 8.62. The summed E-state index contributed by atoms with van der Waals surface area (Å²) in [5.74, 6) is 1.50. The van der Waals surface area contributed by atoms with Gasteiger partial charge in [0.25, 0.3) is 0 Å². The Bertz CT molecular complexity index is 775. The van der Waals surface area contributed by atoms with Crippen molar-refractivity contribution in [1.82, 2.24) is 10.2 Å². The second-order valence-electron chi connectivity index (χ2n) is 6.48. The van der Waals surface area contributed by atoms with Crippen LogP contribution in [-0.2, 0) is 11.2 Å². The molecule has 1 aromatic heterocycles. The average molecular weight is 371 g/mol. The highest BCUT2D eigenvalue weighted by Gasteiger charge is 2.34. The van der Waals surface area contributed by atoms with Crippen LogP contribution in [0.1, 0.15) is 19.1 Å². The van der Waals surface area contributed by atoms with Gasteiger partial charge in [-0.3, -0.25) is 4.79 Å². The predicted octanol–water partition coefficient (Wildman–Crippen LogP) is 2.67. The van der Waals surface area contributed by atoms with Crippen molar-refractivity contribution in [3.05, 3.63) is 48.4 Å². The number of anilines is 1. The van der Waals surface area contributed by atoms with Gasteiger partial charge in [0.15, 0.2) is 0 Å². The zero-order chi connectivity index (χ0) is 19.2. The van der Waals surface area contributed by atoms with E-state index in [1.807, 2.05) is 36.4 Å². The average Bonchev–Trinajstić information content (AvgIpc) is 3.20. The third-order valence-corrected chi connectivity index (χ3v) is 4.74. The van der Waals surface area contributed by atoms with E-state index < -0.39 is 6.04 Å². The van der Waals surface area contributed by atoms with Gasteiger partial charge in [-0.2, -0.15) is 0 Å². The number of urea groups is 1. The molecule has 0 bridgehead atoms. The minimum absolute atomic E-state index is 0.0970. The van der Waals surface area contributed by atoms with Gasteiger partial charge in [-0.25, -0.2) is 4.79 Å². The van der Waals surface area contributed by atoms with Gasteiger partial charge < -0.3 is 24.3 Å². The van der Waals surface area contributed by atoms with Gasteiger partial charge in [-0.05, 0) is 37.6 Å². The van der Waals surface area contributed by atoms with Crippen LogP contribution >= 0.6 is 0 Å². The lowest BCUT2D eigenvalue weighted by molar-refractivity contribution is -0.124. The molecule has 1 atom stereocenters. The molecule has 1 aromatic carbocycles. The number of methoxy groups -OCH3 is 1. The van der Waals surface area contributed by atoms with Gasteiger partial charge in [0.1, 0.15) is 17.6 Å². The van der Waals surface area contributed by atoms with Crippen molar-refractivity contribution < 1.29 is 18.7 Å². The number of hydrogen-bond acceptors (Lipinski definition) is 4. The van der Waals surface area contributed by atoms with E-state index in [1.165, 1.54) is 0 Å². The van der Waals surface area contributed by atoms with Gasteiger partial charge in [0.05, 0.1) is 13.4 Å². The number of rotatable bonds is 6. The van der Waals surface area contributed by atoms with Crippen molar-refractivity contribution in [3.63, 3.8) is 0 Å². The van der Waals surface area contributed by atoms with Gasteiger partial charge >= 0.3 is 6.03 Å². The summed E-state index contributed by atoms with van der Waals surface area (Å²) < 4.78 is 10.5. The smallest absolute Gasteiger partial charge is 0.318 e. The van der Waals surface area contributed by atoms with Crippen LogP contribution < -0.4 is 15.0 Å². The number of nitrogens with zero attached hydrogens (tertiary/aromatic N) is 2. The van der Waals surface area contributed by atoms with E-state index in [0.29, 0.717) is 25.4 Å². The minimum Gasteiger partial charge on any atom is -0.497 e. The van der Waals surface area contributed by atoms with Gasteiger partial charge in [-0.15, -0.1) is 0 Å². The van der Waals surface area contributed by atoms with Crippen LogP contribution in [0.25, 0.3) is 0 Å². The van der Waals surface area contributed by atoms with E-state index in [2.05, 4.69) is 5.32 Å². The molecule has 0 aliphatic carbocycles. The molecule has 27 heavy (non-hydrogen) atoms. The summed E-state index contributed by atoms with van der Waals surface area (Å²) in [5, 5.41) is 2.89. The molecule has 144 valence electrons. The van der Waals surface area contributed by atoms with Gasteiger partial charge in [0, 0.05) is 37.8 Å². The van der Waals surface area contributed by atoms with Crippen LogP contribution in [0, 0.1) is 0 Å². The van der Waals surface area contributed by atoms with Gasteiger partial charge in [0.2, 0.25) is 5.91 Å². The summed E-state index contributed by atoms with van der Waals surface area (Å²) in [4.78, 5) is 28.5. The Morgan fingerprint density at radius 2 is 2.15 bits per heavy atom. The summed E-state index contributed by atoms with van der Waals surface area (Å²) in [6.45, 7) is 3.23. The fourth-order valence-electron chi connectivity index (χ4n) is 3.20. The summed E-state index contributed by atoms with van der Waals surface area (Å²) in [7, 11) is 1.59. The van der Waals surface area contributed by atoms with E-state index in [-0.39, 0.29) is 11.9 Å². The Morgan fingerprint density at radius 1 is 1.30 bits per heavy atom. The maximum Gasteiger partial charge on any atom is 0.318 e. The lowest BCUT2D eigenvalue weighted by atomic mass is 10.1. The van der Waals surface area contributed by atoms with Crippen LogP contribution in [0.4, 0.5) is 10.5 Å². The quantitative estimate of drug-likeness (QED) is 0.792. The monoisotopic (exact) mass is 371 g/mol. The fraction of sp³-hybridized carbons (Fsp3) is 0.400. The van der Waals surface area contributed by atoms with Crippen LogP contribution in [0.3, 0.4) is 0 Å². The Hall–Kier alpha value is -2.96. The normalized spacial score (nSPS) is 17.1. The Balaban J connectivity index is 1.53. The minimum atomic E-state index is -0.518. The van der Waals surface area contributed by atoms with Crippen LogP contribution in [0.15, 0.2) is 47.1 Å². The van der Waals surface area contributed by atoms with Crippen LogP contribution in [0.2, 0.25) is 0 Å². The van der Waals surface area contributed by atoms with E-state index >= 15 is 0 Å². The van der Waals surface area contributed by atoms with Crippen molar-refractivity contribution in [2.75, 3.05) is 31.6 Å². The highest BCUT2D eigenvalue weighted by molar-refractivity contribution is 6.00. The van der Waals surface area contributed by atoms with Crippen molar-refractivity contribution in [2.24, 2.45) is 0 Å². The van der Waals surface area contributed by atoms with E-state index in [1.54, 1.807) is 30.1 Å². The largest absolute Gasteiger partial charge is 0.497 e. The van der Waals surface area contributed by atoms with Crippen molar-refractivity contribution in [2.45, 2.75) is 25.8 Å². The molecular weight excluding hydrogens is 346 g/mol. The first kappa shape index (κ1) is 18.8. The highest BCUT2D eigenvalue weighted by atomic mass is 16.5. The number of ether oxygens (including phenoxy) is 1. The molecule has 1 aliphatic rings. The van der Waals surface area contributed by atoms with E-state index in [0.717, 1.165) is 24.3 Å². The molecular formula is C20H25N3O4. The SMILES string of the molecule is COc1cccc(N2CCN(C(=O)NCCCc3ccco3)C(C)C2=O)c1. The summed E-state index contributed by atoms with van der Waals surface area (Å²) >= 11 is 0. The number of carbonyl (C=O) groups excluding carboxylic acids is 2. The van der Waals surface area contributed by atoms with E-state index in [9.17, 15) is 9.59 Å². The number of piperazine rings is 1. The number of amides is 3. The van der Waals surface area contributed by atoms with Crippen LogP contribution in [0.5, 0.6) is 5.75 Å². The van der Waals surface area contributed by atoms with Crippen molar-refractivity contribution in [1.29, 1.82) is 0 Å². The summed E-state index contributed by atoms with van der Waals surface area (Å²) in [6.07, 6.45) is 3.19. The Morgan fingerprint density at radius 3 is 2.89 bits per heavy atom. The topological polar surface area (TPSA) is 75.0 Å². The number of hydrogen-bond donors (Lipinski definition) is 1. The molecule has 1 fully saturated rings. The predicted molar refractivity (Wildman–Crippen MR) is 102 cm³/mol. The highest BCUT2D eigenvalue weighted by Crippen LogP contribution is 2.24. The first-order valence-electron chi connectivity index (χ1n) is 9.12. The molecule has 0 radical (unpaired) electrons. The molecule has 3 amide bonds. The molecule has 1 aliphatic heterocycles. The first-order chi connectivity index (χ1) is 13.1. The summed E-state index contributed by atoms with van der Waals surface area (Å²) in [6, 6.07) is 10.4. The molecule has 2 heterocycles. The first-order valence-corrected chi connectivity index (χ1v) is 9.12. The number of furan rings is 1. The number of benzene rings is 1. The standard InChI is InChI=1S/C20H25N3O4/c1-15-19(24)23(16-6-3-7-18(14-16)26-2)12-11-22(15)20(25)21-10-4-8-17-9-5-13-27-17/h3,5-7,9,13-15H,4,8,10-12H2,1-2H3,(H,21,25). The molecule has 0 saturated carbocycles. The lowest BCUT2D eigenvalue weighted by Crippen LogP contribution is -2.59. The molecule has 0 spiro atoms. The number of nitrogens with one attached hydrogen (secondary N) is 1. The second-order valence-corrected chi connectivity index (χ2v) is 6.48. The summed E-state index contributed by atoms with van der Waals surface area (Å²) in [5.41, 5.74) is 0.782. The van der Waals surface area contributed by atoms with Crippen molar-refractivity contribution >= 4 is 17.6 Å². The zero-order valence-corrected chi connectivity index (χ0v) is 15.7. The number of aryl methyl sites for hydroxylation is 1. The molecule has 1 saturated heterocycles. The molecule has 1 unspecified atom stereocenters. The molecule has 7 heteroatoms. The lowest BCUT2D eigenvalue weighted by Gasteiger charge is -2.39. The third kappa shape index (κ3) is 4.42. The zero-order valence-electron chi connectivity index (χ0n) is 15.7. The Kier molecular flexibility index (Phi) is 6.01. The molecule has 2 aromatic rings. The maximum atomic E-state index is 12.8. The van der Waals surface area contributed by atoms with Gasteiger partial charge in [-0.1, -0.05) is 6.07 Å². The third-order valence-electron chi connectivity index (χ3n) is 4.74.